The van der Waals surface area contributed by atoms with Crippen molar-refractivity contribution in [1.82, 2.24) is 4.31 Å². The number of sulfonamides is 1. The van der Waals surface area contributed by atoms with E-state index in [2.05, 4.69) is 38.1 Å². The minimum Gasteiger partial charge on any atom is -0.496 e. The highest BCUT2D eigenvalue weighted by atomic mass is 32.2. The fourth-order valence-corrected chi connectivity index (χ4v) is 5.73. The van der Waals surface area contributed by atoms with Gasteiger partial charge >= 0.3 is 0 Å². The van der Waals surface area contributed by atoms with Crippen molar-refractivity contribution in [3.8, 4) is 5.75 Å². The third kappa shape index (κ3) is 4.41. The molecule has 5 heteroatoms. The molecule has 3 rings (SSSR count). The predicted octanol–water partition coefficient (Wildman–Crippen LogP) is 4.77. The maximum atomic E-state index is 13.3. The Hall–Kier alpha value is -1.85. The molecule has 0 amide bonds. The second-order valence-electron chi connectivity index (χ2n) is 8.05. The van der Waals surface area contributed by atoms with Crippen molar-refractivity contribution in [2.75, 3.05) is 20.2 Å². The van der Waals surface area contributed by atoms with Gasteiger partial charge in [-0.15, -0.1) is 0 Å². The van der Waals surface area contributed by atoms with Gasteiger partial charge in [0, 0.05) is 13.1 Å². The fraction of sp³-hybridized carbons (Fsp3) is 0.478. The Bertz CT molecular complexity index is 899. The smallest absolute Gasteiger partial charge is 0.243 e. The summed E-state index contributed by atoms with van der Waals surface area (Å²) in [6.07, 6.45) is 2.83. The van der Waals surface area contributed by atoms with Gasteiger partial charge < -0.3 is 4.74 Å². The van der Waals surface area contributed by atoms with Gasteiger partial charge in [0.25, 0.3) is 0 Å². The van der Waals surface area contributed by atoms with E-state index in [1.807, 2.05) is 25.1 Å². The maximum Gasteiger partial charge on any atom is 0.243 e. The minimum absolute atomic E-state index is 0.195. The first kappa shape index (κ1) is 20.9. The molecule has 1 aliphatic rings. The molecule has 0 bridgehead atoms. The zero-order valence-electron chi connectivity index (χ0n) is 17.3. The average Bonchev–Trinajstić information content (AvgIpc) is 2.68. The van der Waals surface area contributed by atoms with Crippen molar-refractivity contribution in [2.24, 2.45) is 5.92 Å². The number of hydrogen-bond acceptors (Lipinski definition) is 3. The largest absolute Gasteiger partial charge is 0.496 e. The summed E-state index contributed by atoms with van der Waals surface area (Å²) >= 11 is 0. The Morgan fingerprint density at radius 3 is 2.32 bits per heavy atom. The van der Waals surface area contributed by atoms with Crippen LogP contribution in [0.4, 0.5) is 0 Å². The molecule has 0 atom stereocenters. The Balaban J connectivity index is 1.76. The molecule has 0 saturated carbocycles. The summed E-state index contributed by atoms with van der Waals surface area (Å²) in [7, 11) is -1.86. The third-order valence-electron chi connectivity index (χ3n) is 5.71. The quantitative estimate of drug-likeness (QED) is 0.700. The molecule has 4 nitrogen and oxygen atoms in total. The van der Waals surface area contributed by atoms with Crippen LogP contribution in [0.3, 0.4) is 0 Å². The van der Waals surface area contributed by atoms with Crippen LogP contribution in [0.15, 0.2) is 47.4 Å². The van der Waals surface area contributed by atoms with Gasteiger partial charge in [0.2, 0.25) is 10.0 Å². The highest BCUT2D eigenvalue weighted by Gasteiger charge is 2.31. The van der Waals surface area contributed by atoms with Crippen molar-refractivity contribution in [1.29, 1.82) is 0 Å². The van der Waals surface area contributed by atoms with Gasteiger partial charge in [0.05, 0.1) is 12.0 Å². The van der Waals surface area contributed by atoms with Crippen LogP contribution in [0.5, 0.6) is 5.75 Å². The summed E-state index contributed by atoms with van der Waals surface area (Å²) in [4.78, 5) is 0.415. The molecular weight excluding hydrogens is 370 g/mol. The predicted molar refractivity (Wildman–Crippen MR) is 113 cm³/mol. The number of rotatable bonds is 6. The van der Waals surface area contributed by atoms with Gasteiger partial charge in [0.15, 0.2) is 0 Å². The lowest BCUT2D eigenvalue weighted by atomic mass is 9.91. The number of nitrogens with zero attached hydrogens (tertiary/aromatic N) is 1. The van der Waals surface area contributed by atoms with Crippen LogP contribution in [0, 0.1) is 12.8 Å². The van der Waals surface area contributed by atoms with E-state index in [4.69, 9.17) is 4.74 Å². The molecule has 152 valence electrons. The number of aryl methyl sites for hydroxylation is 1. The molecule has 0 spiro atoms. The Morgan fingerprint density at radius 1 is 1.11 bits per heavy atom. The average molecular weight is 402 g/mol. The van der Waals surface area contributed by atoms with Crippen LogP contribution < -0.4 is 4.74 Å². The van der Waals surface area contributed by atoms with E-state index in [9.17, 15) is 8.42 Å². The molecule has 0 N–H and O–H groups in total. The molecule has 0 radical (unpaired) electrons. The van der Waals surface area contributed by atoms with Crippen molar-refractivity contribution in [3.63, 3.8) is 0 Å². The first-order valence-corrected chi connectivity index (χ1v) is 11.5. The molecule has 2 aromatic rings. The van der Waals surface area contributed by atoms with Crippen LogP contribution in [0.2, 0.25) is 0 Å². The lowest BCUT2D eigenvalue weighted by molar-refractivity contribution is 0.272. The van der Waals surface area contributed by atoms with Gasteiger partial charge in [-0.05, 0) is 66.8 Å². The number of hydrogen-bond donors (Lipinski definition) is 0. The Kier molecular flexibility index (Phi) is 6.46. The Morgan fingerprint density at radius 2 is 1.75 bits per heavy atom. The summed E-state index contributed by atoms with van der Waals surface area (Å²) in [5, 5.41) is 0. The molecule has 1 heterocycles. The molecule has 28 heavy (non-hydrogen) atoms. The zero-order valence-corrected chi connectivity index (χ0v) is 18.1. The lowest BCUT2D eigenvalue weighted by Gasteiger charge is -2.32. The molecule has 0 aliphatic carbocycles. The molecule has 2 aromatic carbocycles. The van der Waals surface area contributed by atoms with Crippen LogP contribution >= 0.6 is 0 Å². The molecule has 1 aliphatic heterocycles. The van der Waals surface area contributed by atoms with Gasteiger partial charge in [-0.1, -0.05) is 44.2 Å². The summed E-state index contributed by atoms with van der Waals surface area (Å²) in [5.41, 5.74) is 3.01. The number of piperidine rings is 1. The monoisotopic (exact) mass is 401 g/mol. The topological polar surface area (TPSA) is 46.6 Å². The van der Waals surface area contributed by atoms with Gasteiger partial charge in [-0.3, -0.25) is 0 Å². The molecule has 0 unspecified atom stereocenters. The number of methoxy groups -OCH3 is 1. The number of benzene rings is 2. The fourth-order valence-electron chi connectivity index (χ4n) is 4.02. The SMILES string of the molecule is COc1cc(C)c(S(=O)(=O)N2CCC(Cc3ccccc3)CC2)cc1C(C)C. The van der Waals surface area contributed by atoms with Crippen LogP contribution in [0.25, 0.3) is 0 Å². The summed E-state index contributed by atoms with van der Waals surface area (Å²) in [6.45, 7) is 7.13. The lowest BCUT2D eigenvalue weighted by Crippen LogP contribution is -2.39. The van der Waals surface area contributed by atoms with Crippen molar-refractivity contribution in [2.45, 2.75) is 50.8 Å². The second kappa shape index (κ2) is 8.66. The van der Waals surface area contributed by atoms with Crippen LogP contribution in [-0.2, 0) is 16.4 Å². The van der Waals surface area contributed by atoms with E-state index in [1.165, 1.54) is 5.56 Å². The first-order chi connectivity index (χ1) is 13.3. The molecule has 1 fully saturated rings. The van der Waals surface area contributed by atoms with Crippen molar-refractivity contribution >= 4 is 10.0 Å². The maximum absolute atomic E-state index is 13.3. The number of ether oxygens (including phenoxy) is 1. The summed E-state index contributed by atoms with van der Waals surface area (Å²) in [5.74, 6) is 1.49. The summed E-state index contributed by atoms with van der Waals surface area (Å²) < 4.78 is 33.8. The van der Waals surface area contributed by atoms with Crippen molar-refractivity contribution in [3.05, 3.63) is 59.2 Å². The Labute approximate surface area is 169 Å². The van der Waals surface area contributed by atoms with Gasteiger partial charge in [-0.2, -0.15) is 4.31 Å². The van der Waals surface area contributed by atoms with Crippen LogP contribution in [-0.4, -0.2) is 32.9 Å². The third-order valence-corrected chi connectivity index (χ3v) is 7.75. The van der Waals surface area contributed by atoms with Crippen LogP contribution in [0.1, 0.15) is 49.3 Å². The van der Waals surface area contributed by atoms with Gasteiger partial charge in [-0.25, -0.2) is 8.42 Å². The van der Waals surface area contributed by atoms with E-state index in [-0.39, 0.29) is 5.92 Å². The van der Waals surface area contributed by atoms with E-state index in [1.54, 1.807) is 11.4 Å². The van der Waals surface area contributed by atoms with E-state index >= 15 is 0 Å². The zero-order chi connectivity index (χ0) is 20.3. The van der Waals surface area contributed by atoms with Crippen molar-refractivity contribution < 1.29 is 13.2 Å². The second-order valence-corrected chi connectivity index (χ2v) is 9.96. The molecule has 1 saturated heterocycles. The van der Waals surface area contributed by atoms with E-state index < -0.39 is 10.0 Å². The van der Waals surface area contributed by atoms with Gasteiger partial charge in [0.1, 0.15) is 5.75 Å². The standard InChI is InChI=1S/C23H31NO3S/c1-17(2)21-16-23(18(3)14-22(21)27-4)28(25,26)24-12-10-20(11-13-24)15-19-8-6-5-7-9-19/h5-9,14,16-17,20H,10-13,15H2,1-4H3. The van der Waals surface area contributed by atoms with E-state index in [0.29, 0.717) is 23.9 Å². The highest BCUT2D eigenvalue weighted by molar-refractivity contribution is 7.89. The summed E-state index contributed by atoms with van der Waals surface area (Å²) in [6, 6.07) is 14.1. The normalized spacial score (nSPS) is 16.5. The first-order valence-electron chi connectivity index (χ1n) is 10.1. The molecular formula is C23H31NO3S. The molecule has 0 aromatic heterocycles. The minimum atomic E-state index is -3.49. The van der Waals surface area contributed by atoms with E-state index in [0.717, 1.165) is 36.1 Å². The highest BCUT2D eigenvalue weighted by Crippen LogP contribution is 2.34.